The Labute approximate surface area is 200 Å². The van der Waals surface area contributed by atoms with Crippen LogP contribution in [0.3, 0.4) is 0 Å². The molecule has 1 heterocycles. The van der Waals surface area contributed by atoms with E-state index in [1.807, 2.05) is 38.1 Å². The number of likely N-dealkylation sites (tertiary alicyclic amines) is 1. The smallest absolute Gasteiger partial charge is 0.407 e. The summed E-state index contributed by atoms with van der Waals surface area (Å²) in [6, 6.07) is 16.3. The number of hydrogen-bond donors (Lipinski definition) is 2. The number of carbonyl (C=O) groups is 3. The number of carbonyl (C=O) groups excluding carboxylic acids is 2. The van der Waals surface area contributed by atoms with E-state index in [2.05, 4.69) is 29.6 Å². The topological polar surface area (TPSA) is 95.9 Å². The number of piperidine rings is 1. The molecule has 2 aromatic carbocycles. The first kappa shape index (κ1) is 23.8. The highest BCUT2D eigenvalue weighted by Gasteiger charge is 2.34. The molecule has 3 atom stereocenters. The SMILES string of the molecule is CCC(CNC(=O)OCC1c2ccccc2-c2ccccc21)C(=O)N1CC(C)CC(C(=O)O)C1. The van der Waals surface area contributed by atoms with E-state index in [4.69, 9.17) is 4.74 Å². The molecule has 0 spiro atoms. The minimum atomic E-state index is -0.867. The molecule has 2 N–H and O–H groups in total. The molecule has 0 bridgehead atoms. The maximum Gasteiger partial charge on any atom is 0.407 e. The molecule has 180 valence electrons. The van der Waals surface area contributed by atoms with Crippen LogP contribution in [0.25, 0.3) is 11.1 Å². The Hall–Kier alpha value is -3.35. The Bertz CT molecular complexity index is 1020. The third kappa shape index (κ3) is 4.93. The predicted octanol–water partition coefficient (Wildman–Crippen LogP) is 4.12. The molecule has 4 rings (SSSR count). The highest BCUT2D eigenvalue weighted by Crippen LogP contribution is 2.44. The third-order valence-corrected chi connectivity index (χ3v) is 7.00. The quantitative estimate of drug-likeness (QED) is 0.643. The number of nitrogens with one attached hydrogen (secondary N) is 1. The minimum Gasteiger partial charge on any atom is -0.481 e. The van der Waals surface area contributed by atoms with Crippen molar-refractivity contribution in [3.63, 3.8) is 0 Å². The number of fused-ring (bicyclic) bond motifs is 3. The molecule has 1 aliphatic carbocycles. The number of nitrogens with zero attached hydrogens (tertiary/aromatic N) is 1. The van der Waals surface area contributed by atoms with Crippen LogP contribution in [0.1, 0.15) is 43.7 Å². The van der Waals surface area contributed by atoms with E-state index in [0.717, 1.165) is 11.1 Å². The number of amides is 2. The molecule has 1 saturated heterocycles. The largest absolute Gasteiger partial charge is 0.481 e. The second kappa shape index (κ2) is 10.3. The summed E-state index contributed by atoms with van der Waals surface area (Å²) < 4.78 is 5.57. The van der Waals surface area contributed by atoms with Gasteiger partial charge in [-0.2, -0.15) is 0 Å². The molecule has 1 fully saturated rings. The van der Waals surface area contributed by atoms with Crippen LogP contribution in [0.4, 0.5) is 4.79 Å². The number of alkyl carbamates (subject to hydrolysis) is 1. The highest BCUT2D eigenvalue weighted by atomic mass is 16.5. The summed E-state index contributed by atoms with van der Waals surface area (Å²) in [5.41, 5.74) is 4.62. The first-order valence-electron chi connectivity index (χ1n) is 12.0. The molecule has 0 radical (unpaired) electrons. The molecule has 2 amide bonds. The van der Waals surface area contributed by atoms with Crippen molar-refractivity contribution >= 4 is 18.0 Å². The summed E-state index contributed by atoms with van der Waals surface area (Å²) in [6.07, 6.45) is 0.572. The van der Waals surface area contributed by atoms with E-state index < -0.39 is 23.9 Å². The number of carboxylic acids is 1. The second-order valence-corrected chi connectivity index (χ2v) is 9.43. The second-order valence-electron chi connectivity index (χ2n) is 9.43. The van der Waals surface area contributed by atoms with Gasteiger partial charge in [-0.3, -0.25) is 9.59 Å². The van der Waals surface area contributed by atoms with E-state index in [1.165, 1.54) is 11.1 Å². The van der Waals surface area contributed by atoms with Crippen LogP contribution in [0.2, 0.25) is 0 Å². The van der Waals surface area contributed by atoms with Gasteiger partial charge in [0.05, 0.1) is 11.8 Å². The van der Waals surface area contributed by atoms with Gasteiger partial charge in [-0.25, -0.2) is 4.79 Å². The standard InChI is InChI=1S/C27H32N2O5/c1-3-18(25(30)29-14-17(2)12-19(15-29)26(31)32)13-28-27(33)34-16-24-22-10-6-4-8-20(22)21-9-5-7-11-23(21)24/h4-11,17-19,24H,3,12-16H2,1-2H3,(H,28,33)(H,31,32). The van der Waals surface area contributed by atoms with Crippen molar-refractivity contribution in [1.82, 2.24) is 10.2 Å². The third-order valence-electron chi connectivity index (χ3n) is 7.00. The maximum absolute atomic E-state index is 13.0. The fourth-order valence-corrected chi connectivity index (χ4v) is 5.23. The van der Waals surface area contributed by atoms with Crippen molar-refractivity contribution in [3.8, 4) is 11.1 Å². The lowest BCUT2D eigenvalue weighted by Crippen LogP contribution is -2.49. The van der Waals surface area contributed by atoms with Gasteiger partial charge in [0.25, 0.3) is 0 Å². The minimum absolute atomic E-state index is 0.0236. The van der Waals surface area contributed by atoms with Crippen molar-refractivity contribution < 1.29 is 24.2 Å². The van der Waals surface area contributed by atoms with Gasteiger partial charge in [-0.05, 0) is 41.0 Å². The van der Waals surface area contributed by atoms with Crippen molar-refractivity contribution in [1.29, 1.82) is 0 Å². The maximum atomic E-state index is 13.0. The molecule has 1 aliphatic heterocycles. The normalized spacial score (nSPS) is 20.2. The van der Waals surface area contributed by atoms with Gasteiger partial charge in [0, 0.05) is 25.6 Å². The first-order chi connectivity index (χ1) is 16.4. The van der Waals surface area contributed by atoms with E-state index >= 15 is 0 Å². The summed E-state index contributed by atoms with van der Waals surface area (Å²) in [4.78, 5) is 38.6. The van der Waals surface area contributed by atoms with Gasteiger partial charge in [0.1, 0.15) is 6.61 Å². The van der Waals surface area contributed by atoms with Crippen LogP contribution in [-0.4, -0.2) is 54.2 Å². The number of ether oxygens (including phenoxy) is 1. The molecule has 34 heavy (non-hydrogen) atoms. The van der Waals surface area contributed by atoms with Crippen molar-refractivity contribution in [3.05, 3.63) is 59.7 Å². The van der Waals surface area contributed by atoms with E-state index in [1.54, 1.807) is 4.90 Å². The Morgan fingerprint density at radius 2 is 1.68 bits per heavy atom. The summed E-state index contributed by atoms with van der Waals surface area (Å²) >= 11 is 0. The molecule has 7 heteroatoms. The lowest BCUT2D eigenvalue weighted by Gasteiger charge is -2.36. The monoisotopic (exact) mass is 464 g/mol. The van der Waals surface area contributed by atoms with Crippen molar-refractivity contribution in [2.45, 2.75) is 32.6 Å². The Balaban J connectivity index is 1.33. The van der Waals surface area contributed by atoms with Crippen LogP contribution >= 0.6 is 0 Å². The zero-order valence-electron chi connectivity index (χ0n) is 19.7. The number of hydrogen-bond acceptors (Lipinski definition) is 4. The fraction of sp³-hybridized carbons (Fsp3) is 0.444. The molecular formula is C27H32N2O5. The number of rotatable bonds is 7. The van der Waals surface area contributed by atoms with E-state index in [9.17, 15) is 19.5 Å². The first-order valence-corrected chi connectivity index (χ1v) is 12.0. The van der Waals surface area contributed by atoms with Gasteiger partial charge in [0.15, 0.2) is 0 Å². The van der Waals surface area contributed by atoms with Crippen LogP contribution in [0.5, 0.6) is 0 Å². The van der Waals surface area contributed by atoms with E-state index in [-0.39, 0.29) is 37.4 Å². The summed E-state index contributed by atoms with van der Waals surface area (Å²) in [5.74, 6) is -1.83. The van der Waals surface area contributed by atoms with E-state index in [0.29, 0.717) is 19.4 Å². The fourth-order valence-electron chi connectivity index (χ4n) is 5.23. The Morgan fingerprint density at radius 1 is 1.06 bits per heavy atom. The van der Waals surface area contributed by atoms with Gasteiger partial charge in [0.2, 0.25) is 5.91 Å². The average Bonchev–Trinajstić information content (AvgIpc) is 3.16. The molecule has 7 nitrogen and oxygen atoms in total. The molecular weight excluding hydrogens is 432 g/mol. The lowest BCUT2D eigenvalue weighted by atomic mass is 9.89. The van der Waals surface area contributed by atoms with Crippen molar-refractivity contribution in [2.75, 3.05) is 26.2 Å². The summed E-state index contributed by atoms with van der Waals surface area (Å²) in [6.45, 7) is 5.00. The lowest BCUT2D eigenvalue weighted by molar-refractivity contribution is -0.148. The zero-order valence-corrected chi connectivity index (χ0v) is 19.7. The zero-order chi connectivity index (χ0) is 24.2. The van der Waals surface area contributed by atoms with Crippen LogP contribution in [0.15, 0.2) is 48.5 Å². The van der Waals surface area contributed by atoms with Crippen molar-refractivity contribution in [2.24, 2.45) is 17.8 Å². The molecule has 0 saturated carbocycles. The van der Waals surface area contributed by atoms with Gasteiger partial charge >= 0.3 is 12.1 Å². The van der Waals surface area contributed by atoms with Crippen LogP contribution in [-0.2, 0) is 14.3 Å². The molecule has 3 unspecified atom stereocenters. The highest BCUT2D eigenvalue weighted by molar-refractivity contribution is 5.81. The number of aliphatic carboxylic acids is 1. The predicted molar refractivity (Wildman–Crippen MR) is 128 cm³/mol. The van der Waals surface area contributed by atoms with Gasteiger partial charge in [-0.15, -0.1) is 0 Å². The van der Waals surface area contributed by atoms with Crippen LogP contribution in [0, 0.1) is 17.8 Å². The molecule has 0 aromatic heterocycles. The molecule has 2 aliphatic rings. The van der Waals surface area contributed by atoms with Gasteiger partial charge in [-0.1, -0.05) is 62.4 Å². The van der Waals surface area contributed by atoms with Crippen LogP contribution < -0.4 is 5.32 Å². The number of carboxylic acid groups (broad SMARTS) is 1. The number of benzene rings is 2. The Kier molecular flexibility index (Phi) is 7.20. The molecule has 2 aromatic rings. The average molecular weight is 465 g/mol. The summed E-state index contributed by atoms with van der Waals surface area (Å²) in [7, 11) is 0. The summed E-state index contributed by atoms with van der Waals surface area (Å²) in [5, 5.41) is 12.1. The van der Waals surface area contributed by atoms with Gasteiger partial charge < -0.3 is 20.1 Å². The Morgan fingerprint density at radius 3 is 2.26 bits per heavy atom.